The molecule has 0 unspecified atom stereocenters. The molecular weight excluding hydrogens is 371 g/mol. The van der Waals surface area contributed by atoms with Crippen LogP contribution in [0.15, 0.2) is 42.6 Å². The number of hydrogen-bond acceptors (Lipinski definition) is 4. The van der Waals surface area contributed by atoms with Gasteiger partial charge in [0.15, 0.2) is 12.3 Å². The third-order valence-electron chi connectivity index (χ3n) is 5.25. The van der Waals surface area contributed by atoms with E-state index in [0.29, 0.717) is 12.3 Å². The predicted molar refractivity (Wildman–Crippen MR) is 107 cm³/mol. The van der Waals surface area contributed by atoms with E-state index in [0.717, 1.165) is 29.9 Å². The zero-order chi connectivity index (χ0) is 20.6. The van der Waals surface area contributed by atoms with Gasteiger partial charge in [-0.15, -0.1) is 0 Å². The van der Waals surface area contributed by atoms with E-state index >= 15 is 0 Å². The van der Waals surface area contributed by atoms with Crippen molar-refractivity contribution in [1.29, 1.82) is 0 Å². The predicted octanol–water partition coefficient (Wildman–Crippen LogP) is 3.91. The summed E-state index contributed by atoms with van der Waals surface area (Å²) in [4.78, 5) is 19.1. The van der Waals surface area contributed by atoms with Crippen molar-refractivity contribution in [2.24, 2.45) is 0 Å². The second-order valence-electron chi connectivity index (χ2n) is 8.41. The van der Waals surface area contributed by atoms with E-state index in [2.05, 4.69) is 25.8 Å². The summed E-state index contributed by atoms with van der Waals surface area (Å²) in [7, 11) is 0. The Morgan fingerprint density at radius 3 is 2.72 bits per heavy atom. The summed E-state index contributed by atoms with van der Waals surface area (Å²) >= 11 is 0. The lowest BCUT2D eigenvalue weighted by Gasteiger charge is -2.25. The summed E-state index contributed by atoms with van der Waals surface area (Å²) in [6.07, 6.45) is 3.56. The molecule has 0 radical (unpaired) electrons. The van der Waals surface area contributed by atoms with Gasteiger partial charge in [0.1, 0.15) is 11.6 Å². The van der Waals surface area contributed by atoms with Gasteiger partial charge in [0.05, 0.1) is 17.4 Å². The molecule has 3 aromatic rings. The van der Waals surface area contributed by atoms with Crippen LogP contribution in [-0.4, -0.2) is 38.6 Å². The lowest BCUT2D eigenvalue weighted by Crippen LogP contribution is -2.35. The van der Waals surface area contributed by atoms with Crippen LogP contribution in [0, 0.1) is 5.82 Å². The molecule has 152 valence electrons. The number of carbonyl (C=O) groups is 1. The van der Waals surface area contributed by atoms with Gasteiger partial charge >= 0.3 is 0 Å². The van der Waals surface area contributed by atoms with Gasteiger partial charge in [-0.3, -0.25) is 4.79 Å². The third-order valence-corrected chi connectivity index (χ3v) is 5.25. The van der Waals surface area contributed by atoms with Crippen molar-refractivity contribution < 1.29 is 13.9 Å². The number of hydrogen-bond donors (Lipinski definition) is 0. The molecule has 29 heavy (non-hydrogen) atoms. The second-order valence-corrected chi connectivity index (χ2v) is 8.41. The van der Waals surface area contributed by atoms with Crippen LogP contribution in [0.2, 0.25) is 0 Å². The largest absolute Gasteiger partial charge is 0.484 e. The monoisotopic (exact) mass is 396 g/mol. The van der Waals surface area contributed by atoms with Crippen LogP contribution in [0.4, 0.5) is 4.39 Å². The SMILES string of the molecule is CC(C)(C)c1cc2nccc([C@@H]3CCCN3C(=O)COc3ccc(F)cc3)n2n1. The molecule has 0 bridgehead atoms. The van der Waals surface area contributed by atoms with Crippen LogP contribution in [0.3, 0.4) is 0 Å². The highest BCUT2D eigenvalue weighted by molar-refractivity contribution is 5.78. The Hall–Kier alpha value is -2.96. The van der Waals surface area contributed by atoms with Gasteiger partial charge in [-0.05, 0) is 43.2 Å². The summed E-state index contributed by atoms with van der Waals surface area (Å²) in [5, 5.41) is 4.77. The van der Waals surface area contributed by atoms with Gasteiger partial charge < -0.3 is 9.64 Å². The Morgan fingerprint density at radius 1 is 1.24 bits per heavy atom. The zero-order valence-corrected chi connectivity index (χ0v) is 16.9. The molecule has 0 N–H and O–H groups in total. The molecule has 0 saturated carbocycles. The number of amides is 1. The Bertz CT molecular complexity index is 1020. The van der Waals surface area contributed by atoms with Gasteiger partial charge in [-0.1, -0.05) is 20.8 Å². The number of nitrogens with zero attached hydrogens (tertiary/aromatic N) is 4. The highest BCUT2D eigenvalue weighted by Gasteiger charge is 2.32. The van der Waals surface area contributed by atoms with E-state index in [4.69, 9.17) is 9.84 Å². The maximum absolute atomic E-state index is 13.0. The second kappa shape index (κ2) is 7.46. The molecule has 7 heteroatoms. The molecule has 0 aliphatic carbocycles. The van der Waals surface area contributed by atoms with Crippen molar-refractivity contribution in [2.75, 3.05) is 13.2 Å². The number of ether oxygens (including phenoxy) is 1. The van der Waals surface area contributed by atoms with Crippen molar-refractivity contribution >= 4 is 11.6 Å². The molecule has 4 rings (SSSR count). The smallest absolute Gasteiger partial charge is 0.261 e. The minimum atomic E-state index is -0.334. The lowest BCUT2D eigenvalue weighted by atomic mass is 9.93. The van der Waals surface area contributed by atoms with Crippen LogP contribution in [0.1, 0.15) is 51.0 Å². The molecule has 1 amide bonds. The zero-order valence-electron chi connectivity index (χ0n) is 16.9. The molecule has 0 spiro atoms. The van der Waals surface area contributed by atoms with Crippen LogP contribution in [-0.2, 0) is 10.2 Å². The summed E-state index contributed by atoms with van der Waals surface area (Å²) in [5.41, 5.74) is 2.62. The van der Waals surface area contributed by atoms with E-state index in [1.165, 1.54) is 24.3 Å². The van der Waals surface area contributed by atoms with Gasteiger partial charge in [0, 0.05) is 24.2 Å². The molecule has 3 heterocycles. The number of rotatable bonds is 4. The van der Waals surface area contributed by atoms with Crippen molar-refractivity contribution in [2.45, 2.75) is 45.1 Å². The number of benzene rings is 1. The number of fused-ring (bicyclic) bond motifs is 1. The Labute approximate surface area is 169 Å². The Balaban J connectivity index is 1.55. The molecule has 1 atom stereocenters. The first-order chi connectivity index (χ1) is 13.8. The minimum Gasteiger partial charge on any atom is -0.484 e. The van der Waals surface area contributed by atoms with E-state index in [-0.39, 0.29) is 29.8 Å². The summed E-state index contributed by atoms with van der Waals surface area (Å²) in [5.74, 6) is 0.0486. The fourth-order valence-electron chi connectivity index (χ4n) is 3.66. The van der Waals surface area contributed by atoms with E-state index in [1.54, 1.807) is 6.20 Å². The molecular formula is C22H25FN4O2. The molecule has 1 fully saturated rings. The fraction of sp³-hybridized carbons (Fsp3) is 0.409. The summed E-state index contributed by atoms with van der Waals surface area (Å²) < 4.78 is 20.5. The highest BCUT2D eigenvalue weighted by Crippen LogP contribution is 2.33. The third kappa shape index (κ3) is 3.95. The summed E-state index contributed by atoms with van der Waals surface area (Å²) in [6.45, 7) is 6.95. The van der Waals surface area contributed by atoms with E-state index in [9.17, 15) is 9.18 Å². The Kier molecular flexibility index (Phi) is 4.98. The fourth-order valence-corrected chi connectivity index (χ4v) is 3.66. The first-order valence-corrected chi connectivity index (χ1v) is 9.86. The average molecular weight is 396 g/mol. The highest BCUT2D eigenvalue weighted by atomic mass is 19.1. The van der Waals surface area contributed by atoms with Crippen molar-refractivity contribution in [3.8, 4) is 5.75 Å². The minimum absolute atomic E-state index is 0.0717. The van der Waals surface area contributed by atoms with E-state index < -0.39 is 0 Å². The molecule has 1 aliphatic heterocycles. The van der Waals surface area contributed by atoms with Gasteiger partial charge in [-0.25, -0.2) is 13.9 Å². The quantitative estimate of drug-likeness (QED) is 0.671. The Morgan fingerprint density at radius 2 is 2.00 bits per heavy atom. The van der Waals surface area contributed by atoms with Crippen LogP contribution in [0.25, 0.3) is 5.65 Å². The molecule has 1 saturated heterocycles. The van der Waals surface area contributed by atoms with Crippen molar-refractivity contribution in [3.63, 3.8) is 0 Å². The van der Waals surface area contributed by atoms with E-state index in [1.807, 2.05) is 21.5 Å². The maximum Gasteiger partial charge on any atom is 0.261 e. The first kappa shape index (κ1) is 19.4. The van der Waals surface area contributed by atoms with Gasteiger partial charge in [0.25, 0.3) is 5.91 Å². The van der Waals surface area contributed by atoms with Crippen LogP contribution >= 0.6 is 0 Å². The molecule has 1 aromatic carbocycles. The normalized spacial score (nSPS) is 17.1. The maximum atomic E-state index is 13.0. The van der Waals surface area contributed by atoms with Crippen molar-refractivity contribution in [3.05, 3.63) is 59.8 Å². The van der Waals surface area contributed by atoms with Gasteiger partial charge in [0.2, 0.25) is 0 Å². The van der Waals surface area contributed by atoms with Gasteiger partial charge in [-0.2, -0.15) is 5.10 Å². The molecule has 1 aliphatic rings. The number of likely N-dealkylation sites (tertiary alicyclic amines) is 1. The summed E-state index contributed by atoms with van der Waals surface area (Å²) in [6, 6.07) is 9.54. The number of carbonyl (C=O) groups excluding carboxylic acids is 1. The first-order valence-electron chi connectivity index (χ1n) is 9.86. The van der Waals surface area contributed by atoms with Crippen LogP contribution in [0.5, 0.6) is 5.75 Å². The lowest BCUT2D eigenvalue weighted by molar-refractivity contribution is -0.134. The standard InChI is InChI=1S/C22H25FN4O2/c1-22(2,3)19-13-20-24-11-10-18(27(20)25-19)17-5-4-12-26(17)21(28)14-29-16-8-6-15(23)7-9-16/h6-11,13,17H,4-5,12,14H2,1-3H3/t17-/m0/s1. The average Bonchev–Trinajstić information content (AvgIpc) is 3.34. The molecule has 2 aromatic heterocycles. The van der Waals surface area contributed by atoms with Crippen LogP contribution < -0.4 is 4.74 Å². The molecule has 6 nitrogen and oxygen atoms in total. The topological polar surface area (TPSA) is 59.7 Å². The van der Waals surface area contributed by atoms with Crippen molar-refractivity contribution in [1.82, 2.24) is 19.5 Å². The number of aromatic nitrogens is 3. The number of halogens is 1.